The van der Waals surface area contributed by atoms with Crippen molar-refractivity contribution in [1.29, 1.82) is 0 Å². The van der Waals surface area contributed by atoms with Gasteiger partial charge in [0.25, 0.3) is 11.8 Å². The van der Waals surface area contributed by atoms with Gasteiger partial charge in [-0.25, -0.2) is 9.78 Å². The number of aromatic nitrogens is 1. The van der Waals surface area contributed by atoms with E-state index >= 15 is 0 Å². The van der Waals surface area contributed by atoms with Gasteiger partial charge >= 0.3 is 6.03 Å². The van der Waals surface area contributed by atoms with Crippen molar-refractivity contribution in [2.75, 3.05) is 26.7 Å². The number of rotatable bonds is 6. The highest BCUT2D eigenvalue weighted by molar-refractivity contribution is 7.09. The standard InChI is InChI=1S/C23H28N4O4S/c1-15-24-19(14-32-15)20(28)26-11-9-17(10-12-26)23(2)21(29)27(22(30)25-23)13-8-16-4-6-18(31-3)7-5-16/h4-7,14,17H,8-13H2,1-3H3,(H,25,30)/t23-/m1/s1. The first-order chi connectivity index (χ1) is 15.3. The van der Waals surface area contributed by atoms with Crippen LogP contribution in [0.3, 0.4) is 0 Å². The van der Waals surface area contributed by atoms with Gasteiger partial charge in [-0.2, -0.15) is 0 Å². The Labute approximate surface area is 191 Å². The molecule has 1 aromatic heterocycles. The van der Waals surface area contributed by atoms with Crippen LogP contribution in [-0.2, 0) is 11.2 Å². The number of methoxy groups -OCH3 is 1. The quantitative estimate of drug-likeness (QED) is 0.675. The van der Waals surface area contributed by atoms with Crippen LogP contribution in [-0.4, -0.2) is 64.9 Å². The number of piperidine rings is 1. The van der Waals surface area contributed by atoms with Crippen LogP contribution in [0.4, 0.5) is 4.79 Å². The van der Waals surface area contributed by atoms with Crippen molar-refractivity contribution in [3.05, 3.63) is 45.9 Å². The van der Waals surface area contributed by atoms with E-state index < -0.39 is 5.54 Å². The van der Waals surface area contributed by atoms with Gasteiger partial charge in [0, 0.05) is 25.0 Å². The molecule has 0 aliphatic carbocycles. The number of carbonyl (C=O) groups is 3. The van der Waals surface area contributed by atoms with Gasteiger partial charge in [-0.15, -0.1) is 11.3 Å². The molecule has 1 atom stereocenters. The fourth-order valence-electron chi connectivity index (χ4n) is 4.51. The summed E-state index contributed by atoms with van der Waals surface area (Å²) in [6.07, 6.45) is 1.90. The minimum Gasteiger partial charge on any atom is -0.497 e. The number of hydrogen-bond donors (Lipinski definition) is 1. The number of nitrogens with one attached hydrogen (secondary N) is 1. The number of aryl methyl sites for hydroxylation is 1. The Morgan fingerprint density at radius 3 is 2.53 bits per heavy atom. The zero-order chi connectivity index (χ0) is 22.9. The van der Waals surface area contributed by atoms with E-state index in [2.05, 4.69) is 10.3 Å². The van der Waals surface area contributed by atoms with Gasteiger partial charge in [-0.3, -0.25) is 14.5 Å². The minimum atomic E-state index is -0.941. The summed E-state index contributed by atoms with van der Waals surface area (Å²) in [6, 6.07) is 7.27. The predicted molar refractivity (Wildman–Crippen MR) is 121 cm³/mol. The highest BCUT2D eigenvalue weighted by Gasteiger charge is 2.52. The average Bonchev–Trinajstić information content (AvgIpc) is 3.33. The van der Waals surface area contributed by atoms with E-state index in [9.17, 15) is 14.4 Å². The number of likely N-dealkylation sites (tertiary alicyclic amines) is 1. The number of urea groups is 1. The fourth-order valence-corrected chi connectivity index (χ4v) is 5.10. The molecule has 0 saturated carbocycles. The molecule has 0 radical (unpaired) electrons. The third-order valence-corrected chi connectivity index (χ3v) is 7.29. The SMILES string of the molecule is COc1ccc(CCN2C(=O)N[C@](C)(C3CCN(C(=O)c4csc(C)n4)CC3)C2=O)cc1. The number of carbonyl (C=O) groups excluding carboxylic acids is 3. The van der Waals surface area contributed by atoms with E-state index in [1.54, 1.807) is 17.4 Å². The van der Waals surface area contributed by atoms with E-state index in [1.165, 1.54) is 16.2 Å². The van der Waals surface area contributed by atoms with Gasteiger partial charge in [0.15, 0.2) is 0 Å². The van der Waals surface area contributed by atoms with Crippen molar-refractivity contribution in [2.45, 2.75) is 38.6 Å². The molecule has 0 bridgehead atoms. The largest absolute Gasteiger partial charge is 0.497 e. The molecule has 2 aliphatic heterocycles. The van der Waals surface area contributed by atoms with Gasteiger partial charge in [0.2, 0.25) is 0 Å². The summed E-state index contributed by atoms with van der Waals surface area (Å²) in [4.78, 5) is 45.9. The van der Waals surface area contributed by atoms with Crippen molar-refractivity contribution in [3.8, 4) is 5.75 Å². The van der Waals surface area contributed by atoms with Crippen LogP contribution in [0.15, 0.2) is 29.6 Å². The average molecular weight is 457 g/mol. The third-order valence-electron chi connectivity index (χ3n) is 6.52. The molecule has 2 fully saturated rings. The van der Waals surface area contributed by atoms with Crippen molar-refractivity contribution >= 4 is 29.2 Å². The summed E-state index contributed by atoms with van der Waals surface area (Å²) in [5, 5.41) is 5.59. The summed E-state index contributed by atoms with van der Waals surface area (Å²) in [6.45, 7) is 5.11. The van der Waals surface area contributed by atoms with Crippen LogP contribution in [0.1, 0.15) is 40.8 Å². The van der Waals surface area contributed by atoms with Gasteiger partial charge < -0.3 is 15.0 Å². The topological polar surface area (TPSA) is 91.8 Å². The molecular formula is C23H28N4O4S. The molecule has 1 aromatic carbocycles. The second-order valence-electron chi connectivity index (χ2n) is 8.51. The highest BCUT2D eigenvalue weighted by atomic mass is 32.1. The molecule has 4 rings (SSSR count). The number of imide groups is 1. The van der Waals surface area contributed by atoms with E-state index in [4.69, 9.17) is 4.74 Å². The Bertz CT molecular complexity index is 1010. The van der Waals surface area contributed by atoms with Crippen LogP contribution in [0, 0.1) is 12.8 Å². The molecule has 2 aliphatic rings. The molecule has 2 saturated heterocycles. The minimum absolute atomic E-state index is 0.0221. The second-order valence-corrected chi connectivity index (χ2v) is 9.57. The number of benzene rings is 1. The normalized spacial score (nSPS) is 21.7. The third kappa shape index (κ3) is 4.21. The molecule has 0 unspecified atom stereocenters. The van der Waals surface area contributed by atoms with Gasteiger partial charge in [-0.1, -0.05) is 12.1 Å². The summed E-state index contributed by atoms with van der Waals surface area (Å²) in [7, 11) is 1.61. The lowest BCUT2D eigenvalue weighted by Crippen LogP contribution is -2.54. The first kappa shape index (κ1) is 22.3. The van der Waals surface area contributed by atoms with E-state index in [0.717, 1.165) is 16.3 Å². The number of thiazole rings is 1. The molecule has 170 valence electrons. The second kappa shape index (κ2) is 8.90. The lowest BCUT2D eigenvalue weighted by Gasteiger charge is -2.38. The summed E-state index contributed by atoms with van der Waals surface area (Å²) < 4.78 is 5.17. The van der Waals surface area contributed by atoms with E-state index in [1.807, 2.05) is 38.1 Å². The number of ether oxygens (including phenoxy) is 1. The Hall–Kier alpha value is -2.94. The van der Waals surface area contributed by atoms with Crippen molar-refractivity contribution < 1.29 is 19.1 Å². The zero-order valence-electron chi connectivity index (χ0n) is 18.6. The molecule has 8 nitrogen and oxygen atoms in total. The first-order valence-electron chi connectivity index (χ1n) is 10.8. The fraction of sp³-hybridized carbons (Fsp3) is 0.478. The zero-order valence-corrected chi connectivity index (χ0v) is 19.4. The number of hydrogen-bond acceptors (Lipinski definition) is 6. The molecule has 0 spiro atoms. The molecule has 1 N–H and O–H groups in total. The maximum absolute atomic E-state index is 13.2. The maximum atomic E-state index is 13.2. The van der Waals surface area contributed by atoms with Crippen LogP contribution >= 0.6 is 11.3 Å². The highest BCUT2D eigenvalue weighted by Crippen LogP contribution is 2.34. The molecule has 2 aromatic rings. The van der Waals surface area contributed by atoms with E-state index in [0.29, 0.717) is 44.6 Å². The summed E-state index contributed by atoms with van der Waals surface area (Å²) >= 11 is 1.46. The maximum Gasteiger partial charge on any atom is 0.325 e. The monoisotopic (exact) mass is 456 g/mol. The molecule has 9 heteroatoms. The van der Waals surface area contributed by atoms with Gasteiger partial charge in [0.1, 0.15) is 17.0 Å². The first-order valence-corrected chi connectivity index (χ1v) is 11.7. The van der Waals surface area contributed by atoms with Crippen LogP contribution in [0.2, 0.25) is 0 Å². The van der Waals surface area contributed by atoms with Gasteiger partial charge in [0.05, 0.1) is 12.1 Å². The van der Waals surface area contributed by atoms with Crippen LogP contribution in [0.25, 0.3) is 0 Å². The Morgan fingerprint density at radius 1 is 1.25 bits per heavy atom. The smallest absolute Gasteiger partial charge is 0.325 e. The van der Waals surface area contributed by atoms with E-state index in [-0.39, 0.29) is 23.8 Å². The Morgan fingerprint density at radius 2 is 1.94 bits per heavy atom. The lowest BCUT2D eigenvalue weighted by atomic mass is 9.79. The lowest BCUT2D eigenvalue weighted by molar-refractivity contribution is -0.133. The number of nitrogens with zero attached hydrogens (tertiary/aromatic N) is 3. The van der Waals surface area contributed by atoms with Gasteiger partial charge in [-0.05, 0) is 56.7 Å². The Balaban J connectivity index is 1.36. The van der Waals surface area contributed by atoms with Crippen molar-refractivity contribution in [3.63, 3.8) is 0 Å². The predicted octanol–water partition coefficient (Wildman–Crippen LogP) is 2.87. The summed E-state index contributed by atoms with van der Waals surface area (Å²) in [5.74, 6) is 0.494. The Kier molecular flexibility index (Phi) is 6.19. The van der Waals surface area contributed by atoms with Crippen molar-refractivity contribution in [2.24, 2.45) is 5.92 Å². The summed E-state index contributed by atoms with van der Waals surface area (Å²) in [5.41, 5.74) is 0.569. The van der Waals surface area contributed by atoms with Crippen LogP contribution in [0.5, 0.6) is 5.75 Å². The number of amides is 4. The molecular weight excluding hydrogens is 428 g/mol. The van der Waals surface area contributed by atoms with Crippen LogP contribution < -0.4 is 10.1 Å². The molecule has 32 heavy (non-hydrogen) atoms. The van der Waals surface area contributed by atoms with Crippen molar-refractivity contribution in [1.82, 2.24) is 20.1 Å². The molecule has 4 amide bonds. The molecule has 3 heterocycles.